The van der Waals surface area contributed by atoms with Crippen LogP contribution in [0.25, 0.3) is 0 Å². The van der Waals surface area contributed by atoms with E-state index in [0.29, 0.717) is 17.0 Å². The number of carbonyl (C=O) groups is 1. The lowest BCUT2D eigenvalue weighted by atomic mass is 10.2. The number of rotatable bonds is 5. The smallest absolute Gasteiger partial charge is 0.272 e. The summed E-state index contributed by atoms with van der Waals surface area (Å²) >= 11 is 0. The third-order valence-corrected chi connectivity index (χ3v) is 3.39. The molecule has 24 heavy (non-hydrogen) atoms. The zero-order chi connectivity index (χ0) is 16.9. The van der Waals surface area contributed by atoms with Crippen molar-refractivity contribution in [2.75, 3.05) is 0 Å². The van der Waals surface area contributed by atoms with Crippen molar-refractivity contribution in [1.29, 1.82) is 0 Å². The number of halogens is 1. The van der Waals surface area contributed by atoms with Crippen molar-refractivity contribution in [2.45, 2.75) is 6.54 Å². The summed E-state index contributed by atoms with van der Waals surface area (Å²) in [5.41, 5.74) is 0.982. The molecule has 0 unspecified atom stereocenters. The normalized spacial score (nSPS) is 11.1. The molecule has 0 spiro atoms. The van der Waals surface area contributed by atoms with Gasteiger partial charge in [-0.05, 0) is 18.2 Å². The predicted octanol–water partition coefficient (Wildman–Crippen LogP) is 2.83. The average Bonchev–Trinajstić information content (AvgIpc) is 3.21. The second-order valence-electron chi connectivity index (χ2n) is 5.04. The van der Waals surface area contributed by atoms with Crippen LogP contribution in [0.1, 0.15) is 21.8 Å². The lowest BCUT2D eigenvalue weighted by Gasteiger charge is -2.04. The fourth-order valence-electron chi connectivity index (χ4n) is 2.17. The molecular formula is C17H15FN4O2. The first-order valence-corrected chi connectivity index (χ1v) is 7.26. The highest BCUT2D eigenvalue weighted by atomic mass is 19.1. The molecule has 7 heteroatoms. The maximum absolute atomic E-state index is 13.6. The monoisotopic (exact) mass is 326 g/mol. The van der Waals surface area contributed by atoms with Crippen LogP contribution >= 0.6 is 0 Å². The topological polar surface area (TPSA) is 72.4 Å². The summed E-state index contributed by atoms with van der Waals surface area (Å²) in [6, 6.07) is 9.78. The largest absolute Gasteiger partial charge is 0.467 e. The van der Waals surface area contributed by atoms with Crippen molar-refractivity contribution in [3.8, 4) is 0 Å². The van der Waals surface area contributed by atoms with Gasteiger partial charge in [0.1, 0.15) is 17.3 Å². The summed E-state index contributed by atoms with van der Waals surface area (Å²) in [6.07, 6.45) is 4.37. The second kappa shape index (κ2) is 6.91. The van der Waals surface area contributed by atoms with Crippen LogP contribution < -0.4 is 5.32 Å². The molecule has 1 amide bonds. The molecule has 1 N–H and O–H groups in total. The fourth-order valence-corrected chi connectivity index (χ4v) is 2.17. The summed E-state index contributed by atoms with van der Waals surface area (Å²) in [5.74, 6) is -0.0806. The van der Waals surface area contributed by atoms with E-state index in [1.807, 2.05) is 0 Å². The van der Waals surface area contributed by atoms with Crippen LogP contribution in [0.4, 0.5) is 10.1 Å². The Morgan fingerprint density at radius 3 is 2.96 bits per heavy atom. The molecule has 1 aromatic carbocycles. The molecule has 0 aliphatic carbocycles. The van der Waals surface area contributed by atoms with E-state index in [1.54, 1.807) is 37.4 Å². The lowest BCUT2D eigenvalue weighted by Crippen LogP contribution is -2.25. The Balaban J connectivity index is 1.78. The van der Waals surface area contributed by atoms with Gasteiger partial charge in [0.2, 0.25) is 0 Å². The van der Waals surface area contributed by atoms with Crippen LogP contribution in [-0.4, -0.2) is 21.9 Å². The van der Waals surface area contributed by atoms with Gasteiger partial charge in [0.05, 0.1) is 19.0 Å². The molecule has 0 bridgehead atoms. The highest BCUT2D eigenvalue weighted by Gasteiger charge is 2.16. The molecule has 3 rings (SSSR count). The molecule has 122 valence electrons. The number of benzene rings is 1. The Bertz CT molecular complexity index is 869. The number of hydrogen-bond acceptors (Lipinski definition) is 4. The number of nitrogens with one attached hydrogen (secondary N) is 1. The minimum atomic E-state index is -0.381. The molecule has 0 fully saturated rings. The van der Waals surface area contributed by atoms with E-state index in [1.165, 1.54) is 29.4 Å². The average molecular weight is 326 g/mol. The van der Waals surface area contributed by atoms with E-state index in [-0.39, 0.29) is 24.0 Å². The molecule has 0 radical (unpaired) electrons. The zero-order valence-corrected chi connectivity index (χ0v) is 12.9. The summed E-state index contributed by atoms with van der Waals surface area (Å²) in [6.45, 7) is 0.257. The van der Waals surface area contributed by atoms with E-state index in [4.69, 9.17) is 4.42 Å². The quantitative estimate of drug-likeness (QED) is 0.733. The molecule has 0 aliphatic rings. The van der Waals surface area contributed by atoms with Gasteiger partial charge in [0, 0.05) is 18.8 Å². The van der Waals surface area contributed by atoms with Crippen molar-refractivity contribution in [3.63, 3.8) is 0 Å². The van der Waals surface area contributed by atoms with Crippen molar-refractivity contribution >= 4 is 17.8 Å². The van der Waals surface area contributed by atoms with Gasteiger partial charge in [0.15, 0.2) is 5.69 Å². The molecule has 2 aromatic heterocycles. The molecule has 3 aromatic rings. The van der Waals surface area contributed by atoms with Crippen molar-refractivity contribution in [3.05, 3.63) is 71.7 Å². The van der Waals surface area contributed by atoms with E-state index < -0.39 is 0 Å². The number of aryl methyl sites for hydroxylation is 1. The second-order valence-corrected chi connectivity index (χ2v) is 5.04. The van der Waals surface area contributed by atoms with Gasteiger partial charge in [-0.25, -0.2) is 4.39 Å². The fraction of sp³-hybridized carbons (Fsp3) is 0.118. The van der Waals surface area contributed by atoms with Crippen LogP contribution in [0.15, 0.2) is 58.3 Å². The number of furan rings is 1. The zero-order valence-electron chi connectivity index (χ0n) is 12.9. The SMILES string of the molecule is Cn1ncc(N=Cc2ccccc2F)c1C(=O)NCc1ccco1. The maximum Gasteiger partial charge on any atom is 0.272 e. The van der Waals surface area contributed by atoms with Crippen LogP contribution in [0.5, 0.6) is 0 Å². The van der Waals surface area contributed by atoms with Gasteiger partial charge in [0.25, 0.3) is 5.91 Å². The highest BCUT2D eigenvalue weighted by Crippen LogP contribution is 2.18. The van der Waals surface area contributed by atoms with E-state index >= 15 is 0 Å². The van der Waals surface area contributed by atoms with Gasteiger partial charge in [-0.2, -0.15) is 5.10 Å². The molecule has 0 saturated carbocycles. The van der Waals surface area contributed by atoms with Gasteiger partial charge in [-0.15, -0.1) is 0 Å². The molecule has 0 aliphatic heterocycles. The molecule has 2 heterocycles. The number of carbonyl (C=O) groups excluding carboxylic acids is 1. The Morgan fingerprint density at radius 1 is 1.38 bits per heavy atom. The maximum atomic E-state index is 13.6. The van der Waals surface area contributed by atoms with Crippen molar-refractivity contribution in [1.82, 2.24) is 15.1 Å². The Hall–Kier alpha value is -3.22. The minimum Gasteiger partial charge on any atom is -0.467 e. The molecule has 6 nitrogen and oxygen atoms in total. The molecular weight excluding hydrogens is 311 g/mol. The number of nitrogens with zero attached hydrogens (tertiary/aromatic N) is 3. The van der Waals surface area contributed by atoms with Crippen molar-refractivity contribution < 1.29 is 13.6 Å². The van der Waals surface area contributed by atoms with Crippen LogP contribution in [-0.2, 0) is 13.6 Å². The van der Waals surface area contributed by atoms with Crippen LogP contribution in [0.2, 0.25) is 0 Å². The number of aromatic nitrogens is 2. The molecule has 0 saturated heterocycles. The Labute approximate surface area is 137 Å². The number of aliphatic imine (C=N–C) groups is 1. The first-order valence-electron chi connectivity index (χ1n) is 7.26. The summed E-state index contributed by atoms with van der Waals surface area (Å²) < 4.78 is 20.2. The van der Waals surface area contributed by atoms with Gasteiger partial charge in [-0.3, -0.25) is 14.5 Å². The van der Waals surface area contributed by atoms with E-state index in [0.717, 1.165) is 0 Å². The number of amides is 1. The Kier molecular flexibility index (Phi) is 4.51. The summed E-state index contributed by atoms with van der Waals surface area (Å²) in [5, 5.41) is 6.78. The minimum absolute atomic E-state index is 0.257. The first kappa shape index (κ1) is 15.7. The standard InChI is InChI=1S/C17H15FN4O2/c1-22-16(17(23)20-10-13-6-4-8-24-13)15(11-21-22)19-9-12-5-2-3-7-14(12)18/h2-9,11H,10H2,1H3,(H,20,23). The third-order valence-electron chi connectivity index (χ3n) is 3.39. The summed E-state index contributed by atoms with van der Waals surface area (Å²) in [4.78, 5) is 16.6. The van der Waals surface area contributed by atoms with E-state index in [9.17, 15) is 9.18 Å². The van der Waals surface area contributed by atoms with Gasteiger partial charge >= 0.3 is 0 Å². The molecule has 0 atom stereocenters. The first-order chi connectivity index (χ1) is 11.6. The predicted molar refractivity (Wildman–Crippen MR) is 86.7 cm³/mol. The van der Waals surface area contributed by atoms with Gasteiger partial charge < -0.3 is 9.73 Å². The van der Waals surface area contributed by atoms with Crippen LogP contribution in [0.3, 0.4) is 0 Å². The van der Waals surface area contributed by atoms with Gasteiger partial charge in [-0.1, -0.05) is 18.2 Å². The van der Waals surface area contributed by atoms with E-state index in [2.05, 4.69) is 15.4 Å². The number of hydrogen-bond donors (Lipinski definition) is 1. The van der Waals surface area contributed by atoms with Crippen molar-refractivity contribution in [2.24, 2.45) is 12.0 Å². The summed E-state index contributed by atoms with van der Waals surface area (Å²) in [7, 11) is 1.64. The highest BCUT2D eigenvalue weighted by molar-refractivity contribution is 5.98. The Morgan fingerprint density at radius 2 is 2.21 bits per heavy atom. The lowest BCUT2D eigenvalue weighted by molar-refractivity contribution is 0.0939. The van der Waals surface area contributed by atoms with Crippen LogP contribution in [0, 0.1) is 5.82 Å². The third kappa shape index (κ3) is 3.40.